The molecule has 0 aliphatic heterocycles. The number of nitrogen functional groups attached to an aromatic ring is 1. The Kier molecular flexibility index (Phi) is 2.41. The van der Waals surface area contributed by atoms with Crippen molar-refractivity contribution in [1.29, 1.82) is 5.41 Å². The van der Waals surface area contributed by atoms with Gasteiger partial charge in [0.15, 0.2) is 0 Å². The van der Waals surface area contributed by atoms with E-state index < -0.39 is 0 Å². The first kappa shape index (κ1) is 9.78. The first-order valence-electron chi connectivity index (χ1n) is 4.37. The Bertz CT molecular complexity index is 339. The number of hydrogen-bond donors (Lipinski definition) is 2. The van der Waals surface area contributed by atoms with Crippen LogP contribution < -0.4 is 5.73 Å². The molecule has 0 atom stereocenters. The molecule has 70 valence electrons. The second-order valence-electron chi connectivity index (χ2n) is 3.55. The molecule has 0 fully saturated rings. The van der Waals surface area contributed by atoms with E-state index in [4.69, 9.17) is 11.1 Å². The van der Waals surface area contributed by atoms with Gasteiger partial charge in [-0.05, 0) is 49.9 Å². The molecule has 0 spiro atoms. The SMILES string of the molecule is Cc1cc(C)c(C)c(C(=N)N)c1C. The Balaban J connectivity index is 3.56. The summed E-state index contributed by atoms with van der Waals surface area (Å²) >= 11 is 0. The molecule has 1 aromatic rings. The van der Waals surface area contributed by atoms with Gasteiger partial charge in [0.1, 0.15) is 5.84 Å². The summed E-state index contributed by atoms with van der Waals surface area (Å²) in [5.41, 5.74) is 11.1. The highest BCUT2D eigenvalue weighted by molar-refractivity contribution is 5.98. The van der Waals surface area contributed by atoms with Gasteiger partial charge in [-0.2, -0.15) is 0 Å². The van der Waals surface area contributed by atoms with Crippen LogP contribution in [0.2, 0.25) is 0 Å². The van der Waals surface area contributed by atoms with Crippen molar-refractivity contribution in [3.05, 3.63) is 33.9 Å². The fraction of sp³-hybridized carbons (Fsp3) is 0.364. The summed E-state index contributed by atoms with van der Waals surface area (Å²) < 4.78 is 0. The van der Waals surface area contributed by atoms with Crippen molar-refractivity contribution >= 4 is 5.84 Å². The van der Waals surface area contributed by atoms with Crippen LogP contribution in [0.3, 0.4) is 0 Å². The van der Waals surface area contributed by atoms with Crippen molar-refractivity contribution in [2.45, 2.75) is 27.7 Å². The van der Waals surface area contributed by atoms with Crippen LogP contribution in [0.25, 0.3) is 0 Å². The Morgan fingerprint density at radius 3 is 1.77 bits per heavy atom. The lowest BCUT2D eigenvalue weighted by atomic mass is 9.94. The number of benzene rings is 1. The molecular weight excluding hydrogens is 160 g/mol. The summed E-state index contributed by atoms with van der Waals surface area (Å²) in [5, 5.41) is 7.49. The van der Waals surface area contributed by atoms with E-state index in [-0.39, 0.29) is 5.84 Å². The number of rotatable bonds is 1. The molecule has 0 aromatic heterocycles. The van der Waals surface area contributed by atoms with Gasteiger partial charge in [0, 0.05) is 5.56 Å². The third-order valence-electron chi connectivity index (χ3n) is 2.64. The summed E-state index contributed by atoms with van der Waals surface area (Å²) in [6.45, 7) is 8.12. The van der Waals surface area contributed by atoms with Crippen LogP contribution in [-0.4, -0.2) is 5.84 Å². The minimum absolute atomic E-state index is 0.168. The van der Waals surface area contributed by atoms with Crippen LogP contribution >= 0.6 is 0 Å². The van der Waals surface area contributed by atoms with Gasteiger partial charge in [0.05, 0.1) is 0 Å². The standard InChI is InChI=1S/C11H16N2/c1-6-5-7(2)9(4)10(8(6)3)11(12)13/h5H,1-4H3,(H3,12,13). The lowest BCUT2D eigenvalue weighted by Gasteiger charge is -2.13. The maximum Gasteiger partial charge on any atom is 0.123 e. The molecule has 3 N–H and O–H groups in total. The smallest absolute Gasteiger partial charge is 0.123 e. The third kappa shape index (κ3) is 1.57. The van der Waals surface area contributed by atoms with Crippen molar-refractivity contribution in [3.8, 4) is 0 Å². The van der Waals surface area contributed by atoms with Gasteiger partial charge in [-0.15, -0.1) is 0 Å². The van der Waals surface area contributed by atoms with Gasteiger partial charge in [-0.1, -0.05) is 6.07 Å². The second-order valence-corrected chi connectivity index (χ2v) is 3.55. The molecule has 0 saturated carbocycles. The summed E-state index contributed by atoms with van der Waals surface area (Å²) in [6.07, 6.45) is 0. The van der Waals surface area contributed by atoms with Crippen LogP contribution in [0.1, 0.15) is 27.8 Å². The first-order chi connectivity index (χ1) is 5.95. The summed E-state index contributed by atoms with van der Waals surface area (Å²) in [6, 6.07) is 2.14. The lowest BCUT2D eigenvalue weighted by Crippen LogP contribution is -2.16. The number of nitrogens with two attached hydrogens (primary N) is 1. The summed E-state index contributed by atoms with van der Waals surface area (Å²) in [7, 11) is 0. The van der Waals surface area contributed by atoms with Crippen molar-refractivity contribution in [2.24, 2.45) is 5.73 Å². The zero-order chi connectivity index (χ0) is 10.2. The zero-order valence-corrected chi connectivity index (χ0v) is 8.65. The molecule has 1 rings (SSSR count). The highest BCUT2D eigenvalue weighted by Gasteiger charge is 2.09. The third-order valence-corrected chi connectivity index (χ3v) is 2.64. The van der Waals surface area contributed by atoms with Gasteiger partial charge in [0.2, 0.25) is 0 Å². The van der Waals surface area contributed by atoms with E-state index in [0.717, 1.165) is 16.7 Å². The molecular formula is C11H16N2. The highest BCUT2D eigenvalue weighted by Crippen LogP contribution is 2.20. The number of amidine groups is 1. The second kappa shape index (κ2) is 3.21. The van der Waals surface area contributed by atoms with Crippen molar-refractivity contribution in [3.63, 3.8) is 0 Å². The summed E-state index contributed by atoms with van der Waals surface area (Å²) in [5.74, 6) is 0.168. The van der Waals surface area contributed by atoms with Crippen LogP contribution in [0, 0.1) is 33.1 Å². The predicted molar refractivity (Wildman–Crippen MR) is 56.4 cm³/mol. The topological polar surface area (TPSA) is 49.9 Å². The highest BCUT2D eigenvalue weighted by atomic mass is 14.7. The Hall–Kier alpha value is -1.31. The zero-order valence-electron chi connectivity index (χ0n) is 8.65. The fourth-order valence-corrected chi connectivity index (χ4v) is 1.62. The largest absolute Gasteiger partial charge is 0.384 e. The molecule has 13 heavy (non-hydrogen) atoms. The van der Waals surface area contributed by atoms with Crippen molar-refractivity contribution in [2.75, 3.05) is 0 Å². The molecule has 0 aliphatic carbocycles. The quantitative estimate of drug-likeness (QED) is 0.500. The van der Waals surface area contributed by atoms with Crippen LogP contribution in [0.4, 0.5) is 0 Å². The first-order valence-corrected chi connectivity index (χ1v) is 4.37. The van der Waals surface area contributed by atoms with Gasteiger partial charge < -0.3 is 5.73 Å². The Morgan fingerprint density at radius 2 is 1.46 bits per heavy atom. The van der Waals surface area contributed by atoms with E-state index in [0.29, 0.717) is 0 Å². The maximum atomic E-state index is 7.49. The van der Waals surface area contributed by atoms with Crippen molar-refractivity contribution < 1.29 is 0 Å². The maximum absolute atomic E-state index is 7.49. The molecule has 2 nitrogen and oxygen atoms in total. The molecule has 1 aromatic carbocycles. The minimum atomic E-state index is 0.168. The van der Waals surface area contributed by atoms with Crippen LogP contribution in [0.5, 0.6) is 0 Å². The Labute approximate surface area is 79.3 Å². The average Bonchev–Trinajstić information content (AvgIpc) is 2.01. The van der Waals surface area contributed by atoms with Crippen molar-refractivity contribution in [1.82, 2.24) is 0 Å². The lowest BCUT2D eigenvalue weighted by molar-refractivity contribution is 1.21. The average molecular weight is 176 g/mol. The van der Waals surface area contributed by atoms with E-state index in [1.165, 1.54) is 11.1 Å². The normalized spacial score (nSPS) is 10.2. The molecule has 0 bridgehead atoms. The molecule has 0 radical (unpaired) electrons. The predicted octanol–water partition coefficient (Wildman–Crippen LogP) is 2.20. The van der Waals surface area contributed by atoms with E-state index in [2.05, 4.69) is 6.07 Å². The molecule has 0 heterocycles. The van der Waals surface area contributed by atoms with E-state index >= 15 is 0 Å². The molecule has 0 saturated heterocycles. The number of nitrogens with one attached hydrogen (secondary N) is 1. The Morgan fingerprint density at radius 1 is 1.08 bits per heavy atom. The molecule has 0 unspecified atom stereocenters. The van der Waals surface area contributed by atoms with E-state index in [9.17, 15) is 0 Å². The van der Waals surface area contributed by atoms with E-state index in [1.54, 1.807) is 0 Å². The fourth-order valence-electron chi connectivity index (χ4n) is 1.62. The monoisotopic (exact) mass is 176 g/mol. The summed E-state index contributed by atoms with van der Waals surface area (Å²) in [4.78, 5) is 0. The minimum Gasteiger partial charge on any atom is -0.384 e. The molecule has 2 heteroatoms. The van der Waals surface area contributed by atoms with Crippen LogP contribution in [0.15, 0.2) is 6.07 Å². The molecule has 0 aliphatic rings. The van der Waals surface area contributed by atoms with Gasteiger partial charge in [-0.3, -0.25) is 5.41 Å². The molecule has 0 amide bonds. The van der Waals surface area contributed by atoms with Gasteiger partial charge >= 0.3 is 0 Å². The van der Waals surface area contributed by atoms with E-state index in [1.807, 2.05) is 27.7 Å². The van der Waals surface area contributed by atoms with Gasteiger partial charge in [-0.25, -0.2) is 0 Å². The number of aryl methyl sites for hydroxylation is 2. The number of hydrogen-bond acceptors (Lipinski definition) is 1. The van der Waals surface area contributed by atoms with Gasteiger partial charge in [0.25, 0.3) is 0 Å². The van der Waals surface area contributed by atoms with Crippen LogP contribution in [-0.2, 0) is 0 Å².